The number of nitrogens with two attached hydrogens (primary N) is 1. The van der Waals surface area contributed by atoms with Crippen molar-refractivity contribution in [3.8, 4) is 11.1 Å². The van der Waals surface area contributed by atoms with Gasteiger partial charge in [0.25, 0.3) is 0 Å². The Kier molecular flexibility index (Phi) is 5.80. The highest BCUT2D eigenvalue weighted by atomic mass is 16.6. The molecule has 1 unspecified atom stereocenters. The molecule has 2 aromatic carbocycles. The molecular weight excluding hydrogens is 316 g/mol. The maximum atomic E-state index is 12.0. The summed E-state index contributed by atoms with van der Waals surface area (Å²) in [5.41, 5.74) is 7.66. The number of nitrogens with one attached hydrogen (secondary N) is 1. The van der Waals surface area contributed by atoms with E-state index in [-0.39, 0.29) is 6.42 Å². The molecule has 1 atom stereocenters. The number of hydrogen-bond acceptors (Lipinski definition) is 3. The molecule has 3 N–H and O–H groups in total. The summed E-state index contributed by atoms with van der Waals surface area (Å²) in [6.07, 6.45) is -0.574. The zero-order valence-corrected chi connectivity index (χ0v) is 14.8. The van der Waals surface area contributed by atoms with E-state index in [0.29, 0.717) is 0 Å². The van der Waals surface area contributed by atoms with Crippen LogP contribution in [0.5, 0.6) is 0 Å². The van der Waals surface area contributed by atoms with E-state index in [1.807, 2.05) is 54.6 Å². The van der Waals surface area contributed by atoms with Crippen LogP contribution in [0.15, 0.2) is 54.6 Å². The second kappa shape index (κ2) is 7.83. The Bertz CT molecular complexity index is 719. The molecule has 0 aliphatic carbocycles. The van der Waals surface area contributed by atoms with Crippen molar-refractivity contribution in [2.45, 2.75) is 38.8 Å². The van der Waals surface area contributed by atoms with Crippen LogP contribution in [0, 0.1) is 0 Å². The minimum Gasteiger partial charge on any atom is -0.444 e. The summed E-state index contributed by atoms with van der Waals surface area (Å²) in [7, 11) is 0. The Morgan fingerprint density at radius 1 is 1.00 bits per heavy atom. The largest absolute Gasteiger partial charge is 0.444 e. The predicted molar refractivity (Wildman–Crippen MR) is 97.8 cm³/mol. The summed E-state index contributed by atoms with van der Waals surface area (Å²) in [5.74, 6) is -0.492. The second-order valence-electron chi connectivity index (χ2n) is 6.86. The van der Waals surface area contributed by atoms with E-state index in [1.54, 1.807) is 20.8 Å². The van der Waals surface area contributed by atoms with Crippen LogP contribution in [0.1, 0.15) is 38.8 Å². The Hall–Kier alpha value is -2.82. The third-order valence-corrected chi connectivity index (χ3v) is 3.52. The number of hydrogen-bond donors (Lipinski definition) is 2. The fourth-order valence-corrected chi connectivity index (χ4v) is 2.44. The molecule has 2 amide bonds. The number of rotatable bonds is 5. The van der Waals surface area contributed by atoms with Crippen LogP contribution < -0.4 is 11.1 Å². The molecule has 5 nitrogen and oxygen atoms in total. The van der Waals surface area contributed by atoms with Crippen LogP contribution in [0.25, 0.3) is 11.1 Å². The number of benzene rings is 2. The minimum atomic E-state index is -0.613. The van der Waals surface area contributed by atoms with Gasteiger partial charge in [0.1, 0.15) is 5.60 Å². The molecule has 0 radical (unpaired) electrons. The molecule has 0 aliphatic heterocycles. The van der Waals surface area contributed by atoms with Crippen molar-refractivity contribution in [1.29, 1.82) is 0 Å². The Labute approximate surface area is 148 Å². The molecule has 0 spiro atoms. The molecule has 2 aromatic rings. The number of carbonyl (C=O) groups is 2. The highest BCUT2D eigenvalue weighted by Crippen LogP contribution is 2.23. The maximum absolute atomic E-state index is 12.0. The summed E-state index contributed by atoms with van der Waals surface area (Å²) in [5, 5.41) is 2.72. The first-order valence-corrected chi connectivity index (χ1v) is 8.18. The van der Waals surface area contributed by atoms with Crippen molar-refractivity contribution >= 4 is 12.0 Å². The molecule has 0 saturated carbocycles. The van der Waals surface area contributed by atoms with Crippen LogP contribution in [0.3, 0.4) is 0 Å². The molecule has 0 aromatic heterocycles. The molecule has 0 bridgehead atoms. The van der Waals surface area contributed by atoms with Gasteiger partial charge in [-0.1, -0.05) is 54.6 Å². The zero-order valence-electron chi connectivity index (χ0n) is 14.8. The number of primary amides is 1. The van der Waals surface area contributed by atoms with E-state index in [1.165, 1.54) is 0 Å². The van der Waals surface area contributed by atoms with Crippen molar-refractivity contribution < 1.29 is 14.3 Å². The van der Waals surface area contributed by atoms with E-state index in [4.69, 9.17) is 10.5 Å². The first-order chi connectivity index (χ1) is 11.7. The van der Waals surface area contributed by atoms with Crippen molar-refractivity contribution in [2.24, 2.45) is 5.73 Å². The maximum Gasteiger partial charge on any atom is 0.408 e. The van der Waals surface area contributed by atoms with Crippen LogP contribution >= 0.6 is 0 Å². The highest BCUT2D eigenvalue weighted by molar-refractivity contribution is 5.76. The minimum absolute atomic E-state index is 0.00390. The fourth-order valence-electron chi connectivity index (χ4n) is 2.44. The van der Waals surface area contributed by atoms with E-state index < -0.39 is 23.6 Å². The van der Waals surface area contributed by atoms with Crippen molar-refractivity contribution in [3.05, 3.63) is 60.2 Å². The lowest BCUT2D eigenvalue weighted by molar-refractivity contribution is -0.118. The Morgan fingerprint density at radius 2 is 1.56 bits per heavy atom. The fraction of sp³-hybridized carbons (Fsp3) is 0.300. The molecule has 0 heterocycles. The molecule has 0 fully saturated rings. The van der Waals surface area contributed by atoms with Gasteiger partial charge < -0.3 is 15.8 Å². The van der Waals surface area contributed by atoms with Gasteiger partial charge in [-0.15, -0.1) is 0 Å². The molecule has 5 heteroatoms. The van der Waals surface area contributed by atoms with E-state index in [9.17, 15) is 9.59 Å². The summed E-state index contributed by atoms with van der Waals surface area (Å²) in [6, 6.07) is 17.1. The predicted octanol–water partition coefficient (Wildman–Crippen LogP) is 3.79. The van der Waals surface area contributed by atoms with E-state index in [0.717, 1.165) is 16.7 Å². The van der Waals surface area contributed by atoms with Gasteiger partial charge in [-0.25, -0.2) is 4.79 Å². The standard InChI is InChI=1S/C20H24N2O3/c1-20(2,3)25-19(24)22-17(13-18(21)23)16-11-9-15(10-12-16)14-7-5-4-6-8-14/h4-12,17H,13H2,1-3H3,(H2,21,23)(H,22,24). The first kappa shape index (κ1) is 18.5. The third kappa shape index (κ3) is 5.95. The molecule has 25 heavy (non-hydrogen) atoms. The Balaban J connectivity index is 2.17. The summed E-state index contributed by atoms with van der Waals surface area (Å²) in [6.45, 7) is 5.35. The van der Waals surface area contributed by atoms with Crippen LogP contribution in [0.4, 0.5) is 4.79 Å². The first-order valence-electron chi connectivity index (χ1n) is 8.18. The molecule has 0 aliphatic rings. The van der Waals surface area contributed by atoms with Gasteiger partial charge in [0.05, 0.1) is 12.5 Å². The number of carbonyl (C=O) groups excluding carboxylic acids is 2. The van der Waals surface area contributed by atoms with Crippen molar-refractivity contribution in [2.75, 3.05) is 0 Å². The lowest BCUT2D eigenvalue weighted by Gasteiger charge is -2.23. The number of ether oxygens (including phenoxy) is 1. The normalized spacial score (nSPS) is 12.3. The number of amides is 2. The van der Waals surface area contributed by atoms with Gasteiger partial charge in [0, 0.05) is 0 Å². The van der Waals surface area contributed by atoms with Gasteiger partial charge in [0.2, 0.25) is 5.91 Å². The van der Waals surface area contributed by atoms with Crippen LogP contribution in [0.2, 0.25) is 0 Å². The highest BCUT2D eigenvalue weighted by Gasteiger charge is 2.22. The lowest BCUT2D eigenvalue weighted by atomic mass is 9.99. The Morgan fingerprint density at radius 3 is 2.08 bits per heavy atom. The second-order valence-corrected chi connectivity index (χ2v) is 6.86. The lowest BCUT2D eigenvalue weighted by Crippen LogP contribution is -2.36. The topological polar surface area (TPSA) is 81.4 Å². The molecule has 2 rings (SSSR count). The monoisotopic (exact) mass is 340 g/mol. The summed E-state index contributed by atoms with van der Waals surface area (Å²) >= 11 is 0. The van der Waals surface area contributed by atoms with Gasteiger partial charge in [-0.2, -0.15) is 0 Å². The smallest absolute Gasteiger partial charge is 0.408 e. The zero-order chi connectivity index (χ0) is 18.4. The average Bonchev–Trinajstić information content (AvgIpc) is 2.53. The quantitative estimate of drug-likeness (QED) is 0.869. The van der Waals surface area contributed by atoms with Crippen LogP contribution in [-0.2, 0) is 9.53 Å². The van der Waals surface area contributed by atoms with Gasteiger partial charge in [-0.3, -0.25) is 4.79 Å². The molecule has 132 valence electrons. The van der Waals surface area contributed by atoms with Gasteiger partial charge in [0.15, 0.2) is 0 Å². The van der Waals surface area contributed by atoms with Crippen LogP contribution in [-0.4, -0.2) is 17.6 Å². The van der Waals surface area contributed by atoms with E-state index in [2.05, 4.69) is 5.32 Å². The number of alkyl carbamates (subject to hydrolysis) is 1. The van der Waals surface area contributed by atoms with Crippen molar-refractivity contribution in [1.82, 2.24) is 5.32 Å². The molecule has 0 saturated heterocycles. The van der Waals surface area contributed by atoms with Crippen molar-refractivity contribution in [3.63, 3.8) is 0 Å². The van der Waals surface area contributed by atoms with E-state index >= 15 is 0 Å². The summed E-state index contributed by atoms with van der Waals surface area (Å²) in [4.78, 5) is 23.4. The SMILES string of the molecule is CC(C)(C)OC(=O)NC(CC(N)=O)c1ccc(-c2ccccc2)cc1. The average molecular weight is 340 g/mol. The third-order valence-electron chi connectivity index (χ3n) is 3.52. The van der Waals surface area contributed by atoms with Gasteiger partial charge >= 0.3 is 6.09 Å². The molecular formula is C20H24N2O3. The summed E-state index contributed by atoms with van der Waals surface area (Å²) < 4.78 is 5.26. The van der Waals surface area contributed by atoms with Gasteiger partial charge in [-0.05, 0) is 37.5 Å².